The van der Waals surface area contributed by atoms with Crippen LogP contribution in [0.15, 0.2) is 60.7 Å². The van der Waals surface area contributed by atoms with Gasteiger partial charge in [0.05, 0.1) is 0 Å². The Bertz CT molecular complexity index is 713. The van der Waals surface area contributed by atoms with E-state index in [1.807, 2.05) is 12.1 Å². The van der Waals surface area contributed by atoms with E-state index >= 15 is 0 Å². The van der Waals surface area contributed by atoms with Crippen molar-refractivity contribution < 1.29 is 14.3 Å². The van der Waals surface area contributed by atoms with Gasteiger partial charge in [0.15, 0.2) is 6.10 Å². The molecule has 0 saturated heterocycles. The largest absolute Gasteiger partial charge is 0.449 e. The number of amides is 1. The number of carbonyl (C=O) groups is 2. The molecule has 2 rings (SSSR count). The van der Waals surface area contributed by atoms with Gasteiger partial charge in [-0.3, -0.25) is 4.79 Å². The number of rotatable bonds is 5. The van der Waals surface area contributed by atoms with E-state index in [0.717, 1.165) is 0 Å². The molecule has 5 heteroatoms. The highest BCUT2D eigenvalue weighted by molar-refractivity contribution is 6.32. The van der Waals surface area contributed by atoms with Crippen molar-refractivity contribution >= 4 is 35.2 Å². The van der Waals surface area contributed by atoms with Gasteiger partial charge in [-0.15, -0.1) is 0 Å². The topological polar surface area (TPSA) is 55.4 Å². The van der Waals surface area contributed by atoms with E-state index in [0.29, 0.717) is 16.3 Å². The zero-order valence-corrected chi connectivity index (χ0v) is 13.3. The molecule has 4 nitrogen and oxygen atoms in total. The van der Waals surface area contributed by atoms with Gasteiger partial charge >= 0.3 is 5.97 Å². The van der Waals surface area contributed by atoms with Gasteiger partial charge in [-0.25, -0.2) is 4.79 Å². The number of esters is 1. The van der Waals surface area contributed by atoms with Gasteiger partial charge in [-0.1, -0.05) is 48.0 Å². The molecule has 0 aliphatic heterocycles. The molecule has 1 atom stereocenters. The number of benzene rings is 2. The standard InChI is InChI=1S/C18H16ClNO3/c1-13(18(22)20-15-8-3-2-4-9-15)23-17(21)12-11-14-7-5-6-10-16(14)19/h2-13H,1H3,(H,20,22)/b12-11+/t13-/m0/s1. The monoisotopic (exact) mass is 329 g/mol. The van der Waals surface area contributed by atoms with Crippen molar-refractivity contribution in [1.29, 1.82) is 0 Å². The number of hydrogen-bond donors (Lipinski definition) is 1. The first-order chi connectivity index (χ1) is 11.1. The average Bonchev–Trinajstić information content (AvgIpc) is 2.55. The van der Waals surface area contributed by atoms with Crippen LogP contribution in [0.3, 0.4) is 0 Å². The lowest BCUT2D eigenvalue weighted by Crippen LogP contribution is -2.29. The Labute approximate surface area is 139 Å². The van der Waals surface area contributed by atoms with Gasteiger partial charge in [-0.05, 0) is 36.8 Å². The summed E-state index contributed by atoms with van der Waals surface area (Å²) in [7, 11) is 0. The van der Waals surface area contributed by atoms with Crippen LogP contribution < -0.4 is 5.32 Å². The Kier molecular flexibility index (Phi) is 5.94. The molecule has 0 fully saturated rings. The Morgan fingerprint density at radius 2 is 1.74 bits per heavy atom. The maximum absolute atomic E-state index is 11.9. The summed E-state index contributed by atoms with van der Waals surface area (Å²) in [4.78, 5) is 23.7. The first kappa shape index (κ1) is 16.8. The zero-order chi connectivity index (χ0) is 16.7. The molecule has 0 bridgehead atoms. The summed E-state index contributed by atoms with van der Waals surface area (Å²) in [5, 5.41) is 3.20. The van der Waals surface area contributed by atoms with Crippen LogP contribution in [0.4, 0.5) is 5.69 Å². The normalized spacial score (nSPS) is 11.9. The summed E-state index contributed by atoms with van der Waals surface area (Å²) in [6.45, 7) is 1.51. The second-order valence-electron chi connectivity index (χ2n) is 4.79. The smallest absolute Gasteiger partial charge is 0.331 e. The van der Waals surface area contributed by atoms with E-state index in [-0.39, 0.29) is 0 Å². The summed E-state index contributed by atoms with van der Waals surface area (Å²) < 4.78 is 5.07. The van der Waals surface area contributed by atoms with Crippen LogP contribution in [0.5, 0.6) is 0 Å². The van der Waals surface area contributed by atoms with Crippen molar-refractivity contribution in [2.75, 3.05) is 5.32 Å². The Morgan fingerprint density at radius 1 is 1.09 bits per heavy atom. The minimum atomic E-state index is -0.904. The summed E-state index contributed by atoms with van der Waals surface area (Å²) in [5.41, 5.74) is 1.35. The first-order valence-electron chi connectivity index (χ1n) is 7.05. The number of ether oxygens (including phenoxy) is 1. The highest BCUT2D eigenvalue weighted by atomic mass is 35.5. The van der Waals surface area contributed by atoms with Crippen molar-refractivity contribution in [2.45, 2.75) is 13.0 Å². The summed E-state index contributed by atoms with van der Waals surface area (Å²) in [6.07, 6.45) is 1.89. The highest BCUT2D eigenvalue weighted by Gasteiger charge is 2.16. The van der Waals surface area contributed by atoms with Crippen LogP contribution in [0.1, 0.15) is 12.5 Å². The zero-order valence-electron chi connectivity index (χ0n) is 12.5. The molecule has 1 amide bonds. The average molecular weight is 330 g/mol. The maximum Gasteiger partial charge on any atom is 0.331 e. The number of hydrogen-bond acceptors (Lipinski definition) is 3. The Balaban J connectivity index is 1.89. The van der Waals surface area contributed by atoms with Crippen molar-refractivity contribution in [1.82, 2.24) is 0 Å². The van der Waals surface area contributed by atoms with Gasteiger partial charge in [0.2, 0.25) is 0 Å². The first-order valence-corrected chi connectivity index (χ1v) is 7.43. The molecule has 0 saturated carbocycles. The summed E-state index contributed by atoms with van der Waals surface area (Å²) in [5.74, 6) is -1.00. The van der Waals surface area contributed by atoms with Crippen LogP contribution in [0, 0.1) is 0 Å². The third-order valence-electron chi connectivity index (χ3n) is 3.01. The van der Waals surface area contributed by atoms with E-state index in [1.54, 1.807) is 48.5 Å². The number of para-hydroxylation sites is 1. The molecule has 0 heterocycles. The third-order valence-corrected chi connectivity index (χ3v) is 3.35. The molecule has 2 aromatic carbocycles. The van der Waals surface area contributed by atoms with Crippen LogP contribution in [-0.2, 0) is 14.3 Å². The van der Waals surface area contributed by atoms with E-state index in [1.165, 1.54) is 13.0 Å². The number of nitrogens with one attached hydrogen (secondary N) is 1. The Morgan fingerprint density at radius 3 is 2.43 bits per heavy atom. The molecule has 1 N–H and O–H groups in total. The molecule has 0 radical (unpaired) electrons. The molecule has 0 aromatic heterocycles. The van der Waals surface area contributed by atoms with Crippen molar-refractivity contribution in [3.05, 3.63) is 71.3 Å². The minimum Gasteiger partial charge on any atom is -0.449 e. The number of anilines is 1. The van der Waals surface area contributed by atoms with E-state index in [4.69, 9.17) is 16.3 Å². The second kappa shape index (κ2) is 8.15. The number of halogens is 1. The third kappa shape index (κ3) is 5.27. The highest BCUT2D eigenvalue weighted by Crippen LogP contribution is 2.16. The van der Waals surface area contributed by atoms with Gasteiger partial charge in [0.1, 0.15) is 0 Å². The summed E-state index contributed by atoms with van der Waals surface area (Å²) >= 11 is 5.99. The molecule has 0 unspecified atom stereocenters. The fourth-order valence-electron chi connectivity index (χ4n) is 1.80. The van der Waals surface area contributed by atoms with E-state index < -0.39 is 18.0 Å². The lowest BCUT2D eigenvalue weighted by Gasteiger charge is -2.12. The molecule has 23 heavy (non-hydrogen) atoms. The molecule has 2 aromatic rings. The predicted molar refractivity (Wildman–Crippen MR) is 91.1 cm³/mol. The van der Waals surface area contributed by atoms with Crippen LogP contribution >= 0.6 is 11.6 Å². The van der Waals surface area contributed by atoms with E-state index in [9.17, 15) is 9.59 Å². The predicted octanol–water partition coefficient (Wildman–Crippen LogP) is 3.92. The molecular weight excluding hydrogens is 314 g/mol. The molecule has 118 valence electrons. The van der Waals surface area contributed by atoms with Gasteiger partial charge < -0.3 is 10.1 Å². The fourth-order valence-corrected chi connectivity index (χ4v) is 2.00. The van der Waals surface area contributed by atoms with Crippen molar-refractivity contribution in [3.8, 4) is 0 Å². The van der Waals surface area contributed by atoms with Crippen LogP contribution in [0.25, 0.3) is 6.08 Å². The second-order valence-corrected chi connectivity index (χ2v) is 5.20. The Hall–Kier alpha value is -2.59. The molecule has 0 spiro atoms. The van der Waals surface area contributed by atoms with E-state index in [2.05, 4.69) is 5.32 Å². The van der Waals surface area contributed by atoms with Crippen LogP contribution in [-0.4, -0.2) is 18.0 Å². The fraction of sp³-hybridized carbons (Fsp3) is 0.111. The van der Waals surface area contributed by atoms with Gasteiger partial charge in [0.25, 0.3) is 5.91 Å². The van der Waals surface area contributed by atoms with Crippen molar-refractivity contribution in [2.24, 2.45) is 0 Å². The molecule has 0 aliphatic rings. The van der Waals surface area contributed by atoms with Crippen LogP contribution in [0.2, 0.25) is 5.02 Å². The lowest BCUT2D eigenvalue weighted by atomic mass is 10.2. The lowest BCUT2D eigenvalue weighted by molar-refractivity contribution is -0.148. The van der Waals surface area contributed by atoms with Crippen molar-refractivity contribution in [3.63, 3.8) is 0 Å². The summed E-state index contributed by atoms with van der Waals surface area (Å²) in [6, 6.07) is 16.1. The van der Waals surface area contributed by atoms with Gasteiger partial charge in [0, 0.05) is 16.8 Å². The molecule has 0 aliphatic carbocycles. The van der Waals surface area contributed by atoms with Gasteiger partial charge in [-0.2, -0.15) is 0 Å². The molecular formula is C18H16ClNO3. The number of carbonyl (C=O) groups excluding carboxylic acids is 2. The SMILES string of the molecule is C[C@H](OC(=O)/C=C/c1ccccc1Cl)C(=O)Nc1ccccc1. The quantitative estimate of drug-likeness (QED) is 0.668. The maximum atomic E-state index is 11.9. The minimum absolute atomic E-state index is 0.393.